The van der Waals surface area contributed by atoms with Crippen molar-refractivity contribution in [1.82, 2.24) is 15.3 Å². The highest BCUT2D eigenvalue weighted by molar-refractivity contribution is 7.98. The maximum atomic E-state index is 12.9. The number of sulfone groups is 1. The van der Waals surface area contributed by atoms with Gasteiger partial charge in [0.05, 0.1) is 5.75 Å². The number of hydrogen-bond donors (Lipinski definition) is 1. The van der Waals surface area contributed by atoms with Crippen molar-refractivity contribution in [3.63, 3.8) is 0 Å². The first-order valence-electron chi connectivity index (χ1n) is 9.83. The predicted molar refractivity (Wildman–Crippen MR) is 124 cm³/mol. The zero-order valence-corrected chi connectivity index (χ0v) is 18.9. The van der Waals surface area contributed by atoms with E-state index in [0.29, 0.717) is 28.6 Å². The van der Waals surface area contributed by atoms with Gasteiger partial charge in [0.15, 0.2) is 20.8 Å². The number of hydrogen-bond acceptors (Lipinski definition) is 7. The van der Waals surface area contributed by atoms with Crippen LogP contribution < -0.4 is 5.32 Å². The number of carbonyl (C=O) groups excluding carboxylic acids is 1. The molecule has 0 aliphatic carbocycles. The third-order valence-electron chi connectivity index (χ3n) is 4.70. The summed E-state index contributed by atoms with van der Waals surface area (Å²) in [4.78, 5) is 21.4. The first-order chi connectivity index (χ1) is 15.4. The number of nitrogens with zero attached hydrogens (tertiary/aromatic N) is 2. The number of benzene rings is 2. The molecule has 0 radical (unpaired) electrons. The number of carbonyl (C=O) groups is 1. The molecule has 9 heteroatoms. The lowest BCUT2D eigenvalue weighted by Gasteiger charge is -2.07. The summed E-state index contributed by atoms with van der Waals surface area (Å²) < 4.78 is 28.7. The summed E-state index contributed by atoms with van der Waals surface area (Å²) in [5, 5.41) is 4.40. The molecule has 1 amide bonds. The normalized spacial score (nSPS) is 11.5. The van der Waals surface area contributed by atoms with Crippen LogP contribution in [0, 0.1) is 0 Å². The second-order valence-corrected chi connectivity index (χ2v) is 10.4. The van der Waals surface area contributed by atoms with Gasteiger partial charge in [-0.2, -0.15) is 0 Å². The highest BCUT2D eigenvalue weighted by Crippen LogP contribution is 2.31. The van der Waals surface area contributed by atoms with Gasteiger partial charge in [0, 0.05) is 41.9 Å². The molecule has 2 aromatic carbocycles. The maximum absolute atomic E-state index is 12.9. The van der Waals surface area contributed by atoms with E-state index in [0.717, 1.165) is 16.5 Å². The molecule has 0 saturated carbocycles. The number of nitrogens with one attached hydrogen (secondary N) is 1. The van der Waals surface area contributed by atoms with Crippen LogP contribution in [0.5, 0.6) is 0 Å². The number of para-hydroxylation sites is 1. The van der Waals surface area contributed by atoms with Crippen LogP contribution in [0.25, 0.3) is 11.0 Å². The lowest BCUT2D eigenvalue weighted by Crippen LogP contribution is -2.23. The van der Waals surface area contributed by atoms with Gasteiger partial charge in [0.1, 0.15) is 5.58 Å². The Labute approximate surface area is 190 Å². The Morgan fingerprint density at radius 2 is 1.69 bits per heavy atom. The molecular formula is C23H21N3O4S2. The minimum absolute atomic E-state index is 0.00915. The lowest BCUT2D eigenvalue weighted by molar-refractivity contribution is 0.0924. The van der Waals surface area contributed by atoms with Gasteiger partial charge in [-0.3, -0.25) is 4.79 Å². The van der Waals surface area contributed by atoms with Crippen molar-refractivity contribution in [2.45, 2.75) is 23.2 Å². The highest BCUT2D eigenvalue weighted by atomic mass is 32.2. The molecule has 0 saturated heterocycles. The smallest absolute Gasteiger partial charge is 0.287 e. The summed E-state index contributed by atoms with van der Waals surface area (Å²) in [6.07, 6.45) is 4.56. The van der Waals surface area contributed by atoms with E-state index >= 15 is 0 Å². The van der Waals surface area contributed by atoms with Gasteiger partial charge in [-0.25, -0.2) is 18.4 Å². The fraction of sp³-hybridized carbons (Fsp3) is 0.174. The quantitative estimate of drug-likeness (QED) is 0.309. The van der Waals surface area contributed by atoms with Gasteiger partial charge in [-0.15, -0.1) is 0 Å². The van der Waals surface area contributed by atoms with Crippen LogP contribution in [0.3, 0.4) is 0 Å². The zero-order valence-electron chi connectivity index (χ0n) is 17.3. The second kappa shape index (κ2) is 9.54. The zero-order chi connectivity index (χ0) is 22.6. The largest absolute Gasteiger partial charge is 0.451 e. The van der Waals surface area contributed by atoms with Gasteiger partial charge in [0.2, 0.25) is 0 Å². The van der Waals surface area contributed by atoms with Gasteiger partial charge in [-0.1, -0.05) is 54.2 Å². The van der Waals surface area contributed by atoms with Crippen LogP contribution in [0.15, 0.2) is 76.6 Å². The van der Waals surface area contributed by atoms with Gasteiger partial charge < -0.3 is 9.73 Å². The highest BCUT2D eigenvalue weighted by Gasteiger charge is 2.20. The maximum Gasteiger partial charge on any atom is 0.287 e. The monoisotopic (exact) mass is 467 g/mol. The van der Waals surface area contributed by atoms with Crippen LogP contribution in [-0.4, -0.2) is 30.5 Å². The molecule has 0 unspecified atom stereocenters. The number of amides is 1. The van der Waals surface area contributed by atoms with E-state index in [1.54, 1.807) is 30.6 Å². The number of fused-ring (bicyclic) bond motifs is 1. The number of furan rings is 1. The molecule has 32 heavy (non-hydrogen) atoms. The molecule has 2 heterocycles. The van der Waals surface area contributed by atoms with Crippen molar-refractivity contribution in [2.24, 2.45) is 0 Å². The molecule has 0 fully saturated rings. The van der Waals surface area contributed by atoms with Crippen molar-refractivity contribution >= 4 is 38.5 Å². The molecule has 0 aliphatic heterocycles. The number of rotatable bonds is 8. The third kappa shape index (κ3) is 5.54. The molecule has 1 N–H and O–H groups in total. The lowest BCUT2D eigenvalue weighted by atomic mass is 10.1. The Kier molecular flexibility index (Phi) is 6.57. The van der Waals surface area contributed by atoms with E-state index < -0.39 is 9.84 Å². The molecule has 0 atom stereocenters. The Hall–Kier alpha value is -3.17. The van der Waals surface area contributed by atoms with Crippen molar-refractivity contribution in [3.8, 4) is 0 Å². The fourth-order valence-corrected chi connectivity index (χ4v) is 4.87. The minimum Gasteiger partial charge on any atom is -0.451 e. The van der Waals surface area contributed by atoms with E-state index in [4.69, 9.17) is 4.42 Å². The minimum atomic E-state index is -3.09. The molecule has 0 bridgehead atoms. The van der Waals surface area contributed by atoms with Crippen LogP contribution in [-0.2, 0) is 27.9 Å². The Morgan fingerprint density at radius 3 is 2.41 bits per heavy atom. The average molecular weight is 468 g/mol. The first kappa shape index (κ1) is 22.0. The van der Waals surface area contributed by atoms with Gasteiger partial charge in [-0.05, 0) is 23.3 Å². The Balaban J connectivity index is 1.49. The second-order valence-electron chi connectivity index (χ2n) is 7.30. The summed E-state index contributed by atoms with van der Waals surface area (Å²) in [6.45, 7) is 0.295. The molecule has 4 rings (SSSR count). The molecular weight excluding hydrogens is 446 g/mol. The molecule has 0 aliphatic rings. The summed E-state index contributed by atoms with van der Waals surface area (Å²) in [5.41, 5.74) is 3.01. The van der Waals surface area contributed by atoms with Crippen LogP contribution in [0.2, 0.25) is 0 Å². The van der Waals surface area contributed by atoms with Crippen molar-refractivity contribution in [2.75, 3.05) is 6.26 Å². The SMILES string of the molecule is CS(=O)(=O)Cc1ccc(CNC(=O)c2oc3ccccc3c2CSc2ncccn2)cc1. The van der Waals surface area contributed by atoms with Crippen molar-refractivity contribution in [3.05, 3.63) is 89.4 Å². The van der Waals surface area contributed by atoms with Crippen molar-refractivity contribution < 1.29 is 17.6 Å². The van der Waals surface area contributed by atoms with E-state index in [9.17, 15) is 13.2 Å². The Bertz CT molecular complexity index is 1330. The van der Waals surface area contributed by atoms with Crippen LogP contribution in [0.4, 0.5) is 0 Å². The van der Waals surface area contributed by atoms with E-state index in [1.165, 1.54) is 18.0 Å². The summed E-state index contributed by atoms with van der Waals surface area (Å²) in [7, 11) is -3.09. The van der Waals surface area contributed by atoms with Crippen LogP contribution in [0.1, 0.15) is 27.2 Å². The molecule has 4 aromatic rings. The van der Waals surface area contributed by atoms with Gasteiger partial charge in [0.25, 0.3) is 5.91 Å². The topological polar surface area (TPSA) is 102 Å². The third-order valence-corrected chi connectivity index (χ3v) is 6.46. The van der Waals surface area contributed by atoms with Crippen LogP contribution >= 0.6 is 11.8 Å². The summed E-state index contributed by atoms with van der Waals surface area (Å²) in [5.74, 6) is 0.434. The van der Waals surface area contributed by atoms with Gasteiger partial charge >= 0.3 is 0 Å². The van der Waals surface area contributed by atoms with E-state index in [2.05, 4.69) is 15.3 Å². The fourth-order valence-electron chi connectivity index (χ4n) is 3.24. The predicted octanol–water partition coefficient (Wildman–Crippen LogP) is 3.99. The number of thioether (sulfide) groups is 1. The standard InChI is InChI=1S/C23H21N3O4S2/c1-32(28,29)15-17-9-7-16(8-10-17)13-26-22(27)21-19(14-31-23-24-11-4-12-25-23)18-5-2-3-6-20(18)30-21/h2-12H,13-15H2,1H3,(H,26,27). The van der Waals surface area contributed by atoms with E-state index in [-0.39, 0.29) is 17.4 Å². The molecule has 2 aromatic heterocycles. The average Bonchev–Trinajstić information content (AvgIpc) is 3.15. The molecule has 7 nitrogen and oxygen atoms in total. The number of aromatic nitrogens is 2. The van der Waals surface area contributed by atoms with Crippen molar-refractivity contribution in [1.29, 1.82) is 0 Å². The first-order valence-corrected chi connectivity index (χ1v) is 12.9. The summed E-state index contributed by atoms with van der Waals surface area (Å²) >= 11 is 1.43. The van der Waals surface area contributed by atoms with E-state index in [1.807, 2.05) is 36.4 Å². The summed E-state index contributed by atoms with van der Waals surface area (Å²) in [6, 6.07) is 16.4. The Morgan fingerprint density at radius 1 is 1.00 bits per heavy atom. The molecule has 164 valence electrons. The molecule has 0 spiro atoms.